The Morgan fingerprint density at radius 2 is 2.15 bits per heavy atom. The van der Waals surface area contributed by atoms with E-state index >= 15 is 0 Å². The van der Waals surface area contributed by atoms with Gasteiger partial charge in [-0.05, 0) is 46.7 Å². The molecule has 2 N–H and O–H groups in total. The molecule has 0 heterocycles. The number of rotatable bonds is 3. The SMILES string of the molecule is CCC(C)(CN)c1cccc(I)c1. The smallest absolute Gasteiger partial charge is 0.0133 e. The fourth-order valence-corrected chi connectivity index (χ4v) is 1.87. The van der Waals surface area contributed by atoms with Gasteiger partial charge in [-0.2, -0.15) is 0 Å². The molecule has 0 radical (unpaired) electrons. The van der Waals surface area contributed by atoms with E-state index < -0.39 is 0 Å². The lowest BCUT2D eigenvalue weighted by Crippen LogP contribution is -2.30. The maximum atomic E-state index is 5.80. The first kappa shape index (κ1) is 11.0. The van der Waals surface area contributed by atoms with E-state index in [1.165, 1.54) is 9.13 Å². The van der Waals surface area contributed by atoms with E-state index in [1.807, 2.05) is 0 Å². The van der Waals surface area contributed by atoms with Crippen molar-refractivity contribution in [2.75, 3.05) is 6.54 Å². The minimum absolute atomic E-state index is 0.140. The third-order valence-electron chi connectivity index (χ3n) is 2.75. The number of hydrogen-bond donors (Lipinski definition) is 1. The van der Waals surface area contributed by atoms with Crippen LogP contribution in [0.1, 0.15) is 25.8 Å². The van der Waals surface area contributed by atoms with Crippen LogP contribution in [0.5, 0.6) is 0 Å². The Hall–Kier alpha value is -0.0900. The molecule has 1 aromatic rings. The fraction of sp³-hybridized carbons (Fsp3) is 0.455. The predicted octanol–water partition coefficient (Wildman–Crippen LogP) is 2.92. The van der Waals surface area contributed by atoms with Gasteiger partial charge in [-0.1, -0.05) is 26.0 Å². The van der Waals surface area contributed by atoms with Gasteiger partial charge in [0.2, 0.25) is 0 Å². The van der Waals surface area contributed by atoms with Gasteiger partial charge in [-0.25, -0.2) is 0 Å². The highest BCUT2D eigenvalue weighted by Gasteiger charge is 2.22. The molecule has 1 rings (SSSR count). The highest BCUT2D eigenvalue weighted by atomic mass is 127. The van der Waals surface area contributed by atoms with Gasteiger partial charge in [0, 0.05) is 15.5 Å². The molecular weight excluding hydrogens is 273 g/mol. The third-order valence-corrected chi connectivity index (χ3v) is 3.42. The first-order valence-corrected chi connectivity index (χ1v) is 5.66. The predicted molar refractivity (Wildman–Crippen MR) is 65.9 cm³/mol. The average molecular weight is 289 g/mol. The van der Waals surface area contributed by atoms with Crippen LogP contribution >= 0.6 is 22.6 Å². The van der Waals surface area contributed by atoms with Crippen molar-refractivity contribution >= 4 is 22.6 Å². The Bertz CT molecular complexity index is 279. The van der Waals surface area contributed by atoms with Crippen molar-refractivity contribution in [3.8, 4) is 0 Å². The van der Waals surface area contributed by atoms with Crippen LogP contribution in [-0.2, 0) is 5.41 Å². The zero-order valence-electron chi connectivity index (χ0n) is 8.18. The summed E-state index contributed by atoms with van der Waals surface area (Å²) in [7, 11) is 0. The third kappa shape index (κ3) is 2.44. The Morgan fingerprint density at radius 3 is 2.62 bits per heavy atom. The Morgan fingerprint density at radius 1 is 1.46 bits per heavy atom. The van der Waals surface area contributed by atoms with Crippen molar-refractivity contribution in [1.29, 1.82) is 0 Å². The molecule has 72 valence electrons. The van der Waals surface area contributed by atoms with Crippen LogP contribution in [0, 0.1) is 3.57 Å². The Labute approximate surface area is 93.9 Å². The lowest BCUT2D eigenvalue weighted by molar-refractivity contribution is 0.467. The normalized spacial score (nSPS) is 15.4. The summed E-state index contributed by atoms with van der Waals surface area (Å²) in [6.07, 6.45) is 1.09. The lowest BCUT2D eigenvalue weighted by atomic mass is 9.80. The molecule has 0 aliphatic rings. The standard InChI is InChI=1S/C11H16IN/c1-3-11(2,8-13)9-5-4-6-10(12)7-9/h4-7H,3,8,13H2,1-2H3. The molecule has 0 amide bonds. The molecule has 0 saturated carbocycles. The van der Waals surface area contributed by atoms with E-state index in [0.717, 1.165) is 6.42 Å². The summed E-state index contributed by atoms with van der Waals surface area (Å²) in [6.45, 7) is 5.12. The average Bonchev–Trinajstić information content (AvgIpc) is 2.17. The van der Waals surface area contributed by atoms with Crippen LogP contribution in [0.3, 0.4) is 0 Å². The van der Waals surface area contributed by atoms with E-state index in [4.69, 9.17) is 5.73 Å². The summed E-state index contributed by atoms with van der Waals surface area (Å²) >= 11 is 2.34. The highest BCUT2D eigenvalue weighted by molar-refractivity contribution is 14.1. The molecule has 0 bridgehead atoms. The van der Waals surface area contributed by atoms with Crippen LogP contribution in [0.15, 0.2) is 24.3 Å². The molecule has 2 heteroatoms. The summed E-state index contributed by atoms with van der Waals surface area (Å²) < 4.78 is 1.28. The van der Waals surface area contributed by atoms with Gasteiger partial charge in [0.05, 0.1) is 0 Å². The van der Waals surface area contributed by atoms with Gasteiger partial charge in [0.1, 0.15) is 0 Å². The van der Waals surface area contributed by atoms with Crippen molar-refractivity contribution in [2.24, 2.45) is 5.73 Å². The molecule has 0 fully saturated rings. The largest absolute Gasteiger partial charge is 0.330 e. The van der Waals surface area contributed by atoms with Crippen molar-refractivity contribution in [3.63, 3.8) is 0 Å². The Kier molecular flexibility index (Phi) is 3.74. The maximum absolute atomic E-state index is 5.80. The monoisotopic (exact) mass is 289 g/mol. The van der Waals surface area contributed by atoms with Crippen molar-refractivity contribution in [3.05, 3.63) is 33.4 Å². The summed E-state index contributed by atoms with van der Waals surface area (Å²) in [6, 6.07) is 8.59. The van der Waals surface area contributed by atoms with E-state index in [2.05, 4.69) is 60.7 Å². The number of halogens is 1. The van der Waals surface area contributed by atoms with E-state index in [1.54, 1.807) is 0 Å². The molecule has 0 spiro atoms. The summed E-state index contributed by atoms with van der Waals surface area (Å²) in [4.78, 5) is 0. The molecule has 1 unspecified atom stereocenters. The maximum Gasteiger partial charge on any atom is 0.0133 e. The van der Waals surface area contributed by atoms with Gasteiger partial charge in [0.25, 0.3) is 0 Å². The van der Waals surface area contributed by atoms with Crippen molar-refractivity contribution in [1.82, 2.24) is 0 Å². The van der Waals surface area contributed by atoms with Crippen molar-refractivity contribution < 1.29 is 0 Å². The quantitative estimate of drug-likeness (QED) is 0.851. The number of benzene rings is 1. The molecule has 0 saturated heterocycles. The van der Waals surface area contributed by atoms with Crippen LogP contribution in [-0.4, -0.2) is 6.54 Å². The molecule has 13 heavy (non-hydrogen) atoms. The second-order valence-electron chi connectivity index (χ2n) is 3.63. The molecule has 0 aliphatic heterocycles. The molecular formula is C11H16IN. The van der Waals surface area contributed by atoms with Crippen LogP contribution in [0.2, 0.25) is 0 Å². The van der Waals surface area contributed by atoms with Gasteiger partial charge in [0.15, 0.2) is 0 Å². The Balaban J connectivity index is 3.05. The van der Waals surface area contributed by atoms with Crippen LogP contribution in [0.25, 0.3) is 0 Å². The number of nitrogens with two attached hydrogens (primary N) is 1. The first-order chi connectivity index (χ1) is 6.12. The van der Waals surface area contributed by atoms with Crippen LogP contribution in [0.4, 0.5) is 0 Å². The van der Waals surface area contributed by atoms with Gasteiger partial charge < -0.3 is 5.73 Å². The second-order valence-corrected chi connectivity index (χ2v) is 4.87. The molecule has 1 aromatic carbocycles. The van der Waals surface area contributed by atoms with E-state index in [0.29, 0.717) is 6.54 Å². The van der Waals surface area contributed by atoms with Crippen LogP contribution < -0.4 is 5.73 Å². The zero-order chi connectivity index (χ0) is 9.90. The minimum atomic E-state index is 0.140. The first-order valence-electron chi connectivity index (χ1n) is 4.58. The zero-order valence-corrected chi connectivity index (χ0v) is 10.3. The second kappa shape index (κ2) is 4.42. The summed E-state index contributed by atoms with van der Waals surface area (Å²) in [5.41, 5.74) is 7.29. The van der Waals surface area contributed by atoms with E-state index in [9.17, 15) is 0 Å². The van der Waals surface area contributed by atoms with Gasteiger partial charge >= 0.3 is 0 Å². The summed E-state index contributed by atoms with van der Waals surface area (Å²) in [5, 5.41) is 0. The highest BCUT2D eigenvalue weighted by Crippen LogP contribution is 2.26. The molecule has 0 aliphatic carbocycles. The van der Waals surface area contributed by atoms with Gasteiger partial charge in [-0.3, -0.25) is 0 Å². The lowest BCUT2D eigenvalue weighted by Gasteiger charge is -2.27. The molecule has 1 atom stereocenters. The molecule has 1 nitrogen and oxygen atoms in total. The van der Waals surface area contributed by atoms with E-state index in [-0.39, 0.29) is 5.41 Å². The van der Waals surface area contributed by atoms with Crippen molar-refractivity contribution in [2.45, 2.75) is 25.7 Å². The summed E-state index contributed by atoms with van der Waals surface area (Å²) in [5.74, 6) is 0. The fourth-order valence-electron chi connectivity index (χ4n) is 1.33. The number of hydrogen-bond acceptors (Lipinski definition) is 1. The van der Waals surface area contributed by atoms with Gasteiger partial charge in [-0.15, -0.1) is 0 Å². The minimum Gasteiger partial charge on any atom is -0.330 e. The molecule has 0 aromatic heterocycles. The topological polar surface area (TPSA) is 26.0 Å².